The number of furan rings is 1. The molecule has 9 aromatic carbocycles. The van der Waals surface area contributed by atoms with Gasteiger partial charge in [-0.05, 0) is 94.6 Å². The maximum absolute atomic E-state index is 9.68. The lowest BCUT2D eigenvalue weighted by Crippen LogP contribution is -1.91. The van der Waals surface area contributed by atoms with E-state index in [4.69, 9.17) is 27.7 Å². The van der Waals surface area contributed by atoms with E-state index in [1.807, 2.05) is 0 Å². The molecule has 0 aliphatic carbocycles. The molecule has 0 aliphatic rings. The van der Waals surface area contributed by atoms with Crippen LogP contribution in [0.3, 0.4) is 0 Å². The molecular formula is C46H28O. The summed E-state index contributed by atoms with van der Waals surface area (Å²) in [6.07, 6.45) is 0. The minimum atomic E-state index is -1.11. The summed E-state index contributed by atoms with van der Waals surface area (Å²) in [6, 6.07) is -25.8. The second kappa shape index (κ2) is 10.2. The Bertz CT molecular complexity index is 4330. The van der Waals surface area contributed by atoms with Crippen molar-refractivity contribution in [2.75, 3.05) is 0 Å². The van der Waals surface area contributed by atoms with Crippen molar-refractivity contribution in [3.05, 3.63) is 169 Å². The van der Waals surface area contributed by atoms with Crippen molar-refractivity contribution in [2.24, 2.45) is 0 Å². The highest BCUT2D eigenvalue weighted by atomic mass is 16.3. The molecule has 0 saturated carbocycles. The van der Waals surface area contributed by atoms with Gasteiger partial charge in [0, 0.05) is 10.8 Å². The van der Waals surface area contributed by atoms with Gasteiger partial charge in [0.1, 0.15) is 11.2 Å². The van der Waals surface area contributed by atoms with Gasteiger partial charge in [-0.3, -0.25) is 0 Å². The molecule has 0 unspecified atom stereocenters. The summed E-state index contributed by atoms with van der Waals surface area (Å²) >= 11 is 0. The van der Waals surface area contributed by atoms with Crippen LogP contribution < -0.4 is 0 Å². The van der Waals surface area contributed by atoms with Gasteiger partial charge in [-0.2, -0.15) is 0 Å². The van der Waals surface area contributed by atoms with Gasteiger partial charge in [-0.15, -0.1) is 0 Å². The number of rotatable bonds is 3. The Hall–Kier alpha value is -6.18. The zero-order chi connectivity index (χ0) is 55.3. The first kappa shape index (κ1) is 10.7. The van der Waals surface area contributed by atoms with Gasteiger partial charge in [-0.25, -0.2) is 0 Å². The molecule has 218 valence electrons. The van der Waals surface area contributed by atoms with Crippen molar-refractivity contribution in [1.29, 1.82) is 0 Å². The van der Waals surface area contributed by atoms with E-state index < -0.39 is 268 Å². The van der Waals surface area contributed by atoms with Crippen LogP contribution in [-0.2, 0) is 0 Å². The predicted octanol–water partition coefficient (Wildman–Crippen LogP) is 13.2. The van der Waals surface area contributed by atoms with Crippen molar-refractivity contribution in [1.82, 2.24) is 0 Å². The fourth-order valence-electron chi connectivity index (χ4n) is 5.79. The summed E-state index contributed by atoms with van der Waals surface area (Å²) in [6.45, 7) is 0. The van der Waals surface area contributed by atoms with E-state index in [1.165, 1.54) is 0 Å². The van der Waals surface area contributed by atoms with Crippen LogP contribution >= 0.6 is 0 Å². The highest BCUT2D eigenvalue weighted by Gasteiger charge is 2.18. The lowest BCUT2D eigenvalue weighted by molar-refractivity contribution is 0.669. The van der Waals surface area contributed by atoms with Crippen LogP contribution in [0.4, 0.5) is 0 Å². The Morgan fingerprint density at radius 3 is 1.55 bits per heavy atom. The molecule has 1 heteroatoms. The van der Waals surface area contributed by atoms with Crippen molar-refractivity contribution in [2.45, 2.75) is 0 Å². The SMILES string of the molecule is [2H]c1c([2H])c(-c2c([2H])c([2H])c([2H])c3oc4c([2H])c5c([2H])c([2H])c([2H])c([2H])c5c([2H])c4c23)c([2H])c([2H])c1-c1c2c([2H])c([2H])c([2H])c([2H])c2c(-c2c([2H])c([2H])c([2H])c3c([2H])c([2H])c([2H])c([2H])c23)c2c([2H])c([2H])c([2H])c([2H])c12. The molecule has 0 spiro atoms. The molecular weight excluding hydrogens is 569 g/mol. The molecule has 10 rings (SSSR count). The van der Waals surface area contributed by atoms with Gasteiger partial charge < -0.3 is 4.42 Å². The van der Waals surface area contributed by atoms with E-state index in [9.17, 15) is 15.1 Å². The van der Waals surface area contributed by atoms with E-state index in [0.29, 0.717) is 0 Å². The van der Waals surface area contributed by atoms with Crippen LogP contribution in [0.5, 0.6) is 0 Å². The van der Waals surface area contributed by atoms with Crippen LogP contribution in [0, 0.1) is 0 Å². The van der Waals surface area contributed by atoms with E-state index in [0.717, 1.165) is 0 Å². The summed E-state index contributed by atoms with van der Waals surface area (Å²) < 4.78 is 258. The molecule has 0 N–H and O–H groups in total. The minimum Gasteiger partial charge on any atom is -0.456 e. The third-order valence-corrected chi connectivity index (χ3v) is 7.76. The Kier molecular flexibility index (Phi) is 2.31. The van der Waals surface area contributed by atoms with Crippen LogP contribution in [0.15, 0.2) is 174 Å². The number of benzene rings is 9. The molecule has 10 aromatic rings. The Balaban J connectivity index is 1.46. The van der Waals surface area contributed by atoms with Crippen molar-refractivity contribution in [3.63, 3.8) is 0 Å². The second-order valence-electron chi connectivity index (χ2n) is 10.3. The van der Waals surface area contributed by atoms with Gasteiger partial charge in [0.05, 0.1) is 38.4 Å². The molecule has 0 saturated heterocycles. The number of hydrogen-bond donors (Lipinski definition) is 0. The fourth-order valence-corrected chi connectivity index (χ4v) is 5.79. The molecule has 0 atom stereocenters. The molecule has 1 aromatic heterocycles. The van der Waals surface area contributed by atoms with Crippen LogP contribution in [-0.4, -0.2) is 0 Å². The van der Waals surface area contributed by atoms with Crippen LogP contribution in [0.25, 0.3) is 98.4 Å². The van der Waals surface area contributed by atoms with Crippen LogP contribution in [0.1, 0.15) is 38.4 Å². The van der Waals surface area contributed by atoms with Crippen LogP contribution in [0.2, 0.25) is 0 Å². The summed E-state index contributed by atoms with van der Waals surface area (Å²) in [5.74, 6) is 0. The Morgan fingerprint density at radius 1 is 0.340 bits per heavy atom. The topological polar surface area (TPSA) is 13.1 Å². The van der Waals surface area contributed by atoms with E-state index in [2.05, 4.69) is 0 Å². The van der Waals surface area contributed by atoms with E-state index in [1.54, 1.807) is 0 Å². The first-order valence-corrected chi connectivity index (χ1v) is 13.9. The highest BCUT2D eigenvalue weighted by Crippen LogP contribution is 2.46. The first-order chi connectivity index (χ1) is 35.0. The van der Waals surface area contributed by atoms with Gasteiger partial charge in [0.2, 0.25) is 0 Å². The summed E-state index contributed by atoms with van der Waals surface area (Å²) in [5, 5.41) is -6.18. The summed E-state index contributed by atoms with van der Waals surface area (Å²) in [4.78, 5) is 0. The lowest BCUT2D eigenvalue weighted by atomic mass is 9.84. The maximum atomic E-state index is 9.68. The van der Waals surface area contributed by atoms with Gasteiger partial charge in [0.25, 0.3) is 0 Å². The molecule has 0 fully saturated rings. The van der Waals surface area contributed by atoms with Crippen molar-refractivity contribution in [3.8, 4) is 33.4 Å². The molecule has 0 radical (unpaired) electrons. The maximum Gasteiger partial charge on any atom is 0.136 e. The minimum absolute atomic E-state index is 0.456. The molecule has 0 aliphatic heterocycles. The third kappa shape index (κ3) is 3.97. The average Bonchev–Trinajstić information content (AvgIpc) is 3.79. The highest BCUT2D eigenvalue weighted by molar-refractivity contribution is 6.23. The number of fused-ring (bicyclic) bond motifs is 7. The third-order valence-electron chi connectivity index (χ3n) is 7.76. The monoisotopic (exact) mass is 624 g/mol. The van der Waals surface area contributed by atoms with Crippen molar-refractivity contribution < 1.29 is 42.8 Å². The quantitative estimate of drug-likeness (QED) is 0.178. The fraction of sp³-hybridized carbons (Fsp3) is 0. The standard InChI is InChI=1S/C46H28O/c1-2-13-33-28-43-41(27-32(33)12-1)46-35(20-10-22-42(46)47-43)30-23-25-31(26-24-30)44-37-16-5-7-18-39(37)45(40-19-8-6-17-38(40)44)36-21-9-14-29-11-3-4-15-34(29)36/h1-28H/i1D,2D,3D,4D,5D,6D,7D,8D,9D,10D,11D,12D,13D,14D,15D,16D,17D,18D,19D,20D,21D,22D,23D,24D,25D,26D,27D,28D. The number of hydrogen-bond acceptors (Lipinski definition) is 1. The molecule has 47 heavy (non-hydrogen) atoms. The summed E-state index contributed by atoms with van der Waals surface area (Å²) in [5.41, 5.74) is -5.75. The van der Waals surface area contributed by atoms with Crippen molar-refractivity contribution >= 4 is 65.0 Å². The second-order valence-corrected chi connectivity index (χ2v) is 10.3. The Morgan fingerprint density at radius 2 is 0.851 bits per heavy atom. The lowest BCUT2D eigenvalue weighted by Gasteiger charge is -2.19. The molecule has 1 heterocycles. The normalized spacial score (nSPS) is 20.2. The predicted molar refractivity (Wildman–Crippen MR) is 200 cm³/mol. The molecule has 1 nitrogen and oxygen atoms in total. The van der Waals surface area contributed by atoms with E-state index >= 15 is 0 Å². The van der Waals surface area contributed by atoms with E-state index in [-0.39, 0.29) is 0 Å². The smallest absolute Gasteiger partial charge is 0.136 e. The zero-order valence-electron chi connectivity index (χ0n) is 51.4. The van der Waals surface area contributed by atoms with Gasteiger partial charge in [0.15, 0.2) is 0 Å². The molecule has 0 amide bonds. The average molecular weight is 625 g/mol. The summed E-state index contributed by atoms with van der Waals surface area (Å²) in [7, 11) is 0. The zero-order valence-corrected chi connectivity index (χ0v) is 23.4. The Labute approximate surface area is 311 Å². The van der Waals surface area contributed by atoms with Gasteiger partial charge >= 0.3 is 0 Å². The molecule has 0 bridgehead atoms. The largest absolute Gasteiger partial charge is 0.456 e. The van der Waals surface area contributed by atoms with Gasteiger partial charge in [-0.1, -0.05) is 151 Å². The first-order valence-electron chi connectivity index (χ1n) is 27.9.